The number of carbonyl (C=O) groups excluding carboxylic acids is 1. The Morgan fingerprint density at radius 1 is 1.38 bits per heavy atom. The van der Waals surface area contributed by atoms with Crippen LogP contribution in [0.4, 0.5) is 4.39 Å². The Morgan fingerprint density at radius 3 is 2.77 bits per heavy atom. The SMILES string of the molecule is Cc1nc(CCNC(=O)C2CSCN2S(=O)(=O)c2ccc(F)cc2)cs1. The summed E-state index contributed by atoms with van der Waals surface area (Å²) in [6.45, 7) is 2.31. The first-order valence-electron chi connectivity index (χ1n) is 7.92. The highest BCUT2D eigenvalue weighted by atomic mass is 32.2. The fraction of sp³-hybridized carbons (Fsp3) is 0.375. The Bertz CT molecular complexity index is 884. The summed E-state index contributed by atoms with van der Waals surface area (Å²) in [7, 11) is -3.85. The number of carbonyl (C=O) groups is 1. The Kier molecular flexibility index (Phi) is 5.96. The van der Waals surface area contributed by atoms with Gasteiger partial charge in [-0.2, -0.15) is 4.31 Å². The first-order chi connectivity index (χ1) is 12.4. The van der Waals surface area contributed by atoms with Gasteiger partial charge in [-0.15, -0.1) is 23.1 Å². The first kappa shape index (κ1) is 19.3. The minimum atomic E-state index is -3.85. The van der Waals surface area contributed by atoms with E-state index in [-0.39, 0.29) is 16.7 Å². The molecule has 2 heterocycles. The van der Waals surface area contributed by atoms with E-state index in [1.165, 1.54) is 28.2 Å². The molecule has 0 saturated carbocycles. The number of aryl methyl sites for hydroxylation is 1. The van der Waals surface area contributed by atoms with Crippen molar-refractivity contribution in [3.8, 4) is 0 Å². The maximum atomic E-state index is 13.1. The quantitative estimate of drug-likeness (QED) is 0.781. The van der Waals surface area contributed by atoms with E-state index in [0.717, 1.165) is 22.8 Å². The molecular formula is C16H18FN3O3S3. The summed E-state index contributed by atoms with van der Waals surface area (Å²) in [4.78, 5) is 16.8. The Labute approximate surface area is 159 Å². The van der Waals surface area contributed by atoms with Crippen molar-refractivity contribution in [3.05, 3.63) is 46.2 Å². The van der Waals surface area contributed by atoms with Crippen molar-refractivity contribution in [2.24, 2.45) is 0 Å². The lowest BCUT2D eigenvalue weighted by Gasteiger charge is -2.22. The Balaban J connectivity index is 1.65. The number of nitrogens with zero attached hydrogens (tertiary/aromatic N) is 2. The first-order valence-corrected chi connectivity index (χ1v) is 11.4. The molecule has 1 unspecified atom stereocenters. The number of rotatable bonds is 6. The van der Waals surface area contributed by atoms with E-state index in [2.05, 4.69) is 10.3 Å². The molecule has 0 radical (unpaired) electrons. The number of amides is 1. The van der Waals surface area contributed by atoms with Gasteiger partial charge in [0.05, 0.1) is 21.5 Å². The van der Waals surface area contributed by atoms with Gasteiger partial charge < -0.3 is 5.32 Å². The number of thiazole rings is 1. The second-order valence-corrected chi connectivity index (χ2v) is 9.71. The number of thioether (sulfide) groups is 1. The largest absolute Gasteiger partial charge is 0.354 e. The molecule has 26 heavy (non-hydrogen) atoms. The van der Waals surface area contributed by atoms with E-state index >= 15 is 0 Å². The molecule has 1 saturated heterocycles. The van der Waals surface area contributed by atoms with Gasteiger partial charge in [-0.3, -0.25) is 4.79 Å². The van der Waals surface area contributed by atoms with Crippen LogP contribution in [0.25, 0.3) is 0 Å². The number of hydrogen-bond acceptors (Lipinski definition) is 6. The highest BCUT2D eigenvalue weighted by molar-refractivity contribution is 8.00. The van der Waals surface area contributed by atoms with Gasteiger partial charge in [0.15, 0.2) is 0 Å². The van der Waals surface area contributed by atoms with Crippen molar-refractivity contribution >= 4 is 39.0 Å². The van der Waals surface area contributed by atoms with Crippen LogP contribution in [0.2, 0.25) is 0 Å². The van der Waals surface area contributed by atoms with Crippen LogP contribution in [0.3, 0.4) is 0 Å². The van der Waals surface area contributed by atoms with Crippen molar-refractivity contribution in [2.45, 2.75) is 24.3 Å². The lowest BCUT2D eigenvalue weighted by atomic mass is 10.3. The average Bonchev–Trinajstić information content (AvgIpc) is 3.24. The molecule has 0 bridgehead atoms. The summed E-state index contributed by atoms with van der Waals surface area (Å²) in [5.74, 6) is -0.246. The van der Waals surface area contributed by atoms with Crippen LogP contribution < -0.4 is 5.32 Å². The standard InChI is InChI=1S/C16H18FN3O3S3/c1-11-19-13(8-25-11)6-7-18-16(21)15-9-24-10-20(15)26(22,23)14-4-2-12(17)3-5-14/h2-5,8,15H,6-7,9-10H2,1H3,(H,18,21). The molecule has 1 aliphatic rings. The highest BCUT2D eigenvalue weighted by Gasteiger charge is 2.39. The van der Waals surface area contributed by atoms with Crippen molar-refractivity contribution in [2.75, 3.05) is 18.2 Å². The predicted octanol–water partition coefficient (Wildman–Crippen LogP) is 2.01. The fourth-order valence-corrected chi connectivity index (χ4v) is 6.36. The molecule has 1 aromatic carbocycles. The van der Waals surface area contributed by atoms with Crippen LogP contribution in [0, 0.1) is 12.7 Å². The van der Waals surface area contributed by atoms with Crippen molar-refractivity contribution in [1.29, 1.82) is 0 Å². The zero-order valence-electron chi connectivity index (χ0n) is 14.0. The van der Waals surface area contributed by atoms with Gasteiger partial charge in [0.25, 0.3) is 0 Å². The maximum absolute atomic E-state index is 13.1. The van der Waals surface area contributed by atoms with Crippen LogP contribution >= 0.6 is 23.1 Å². The minimum absolute atomic E-state index is 0.0165. The van der Waals surface area contributed by atoms with E-state index in [9.17, 15) is 17.6 Å². The zero-order chi connectivity index (χ0) is 18.7. The molecule has 0 aliphatic carbocycles. The van der Waals surface area contributed by atoms with E-state index in [1.54, 1.807) is 11.3 Å². The van der Waals surface area contributed by atoms with Crippen LogP contribution in [0.5, 0.6) is 0 Å². The summed E-state index contributed by atoms with van der Waals surface area (Å²) < 4.78 is 39.8. The third-order valence-corrected chi connectivity index (χ3v) is 7.78. The van der Waals surface area contributed by atoms with Gasteiger partial charge in [0, 0.05) is 24.1 Å². The molecule has 3 rings (SSSR count). The van der Waals surface area contributed by atoms with E-state index in [0.29, 0.717) is 18.7 Å². The van der Waals surface area contributed by atoms with Crippen LogP contribution in [0.1, 0.15) is 10.7 Å². The topological polar surface area (TPSA) is 79.4 Å². The lowest BCUT2D eigenvalue weighted by molar-refractivity contribution is -0.123. The summed E-state index contributed by atoms with van der Waals surface area (Å²) in [5, 5.41) is 5.70. The van der Waals surface area contributed by atoms with E-state index in [4.69, 9.17) is 0 Å². The van der Waals surface area contributed by atoms with Gasteiger partial charge in [-0.1, -0.05) is 0 Å². The number of aromatic nitrogens is 1. The molecule has 140 valence electrons. The molecule has 1 aliphatic heterocycles. The van der Waals surface area contributed by atoms with E-state index in [1.807, 2.05) is 12.3 Å². The predicted molar refractivity (Wildman–Crippen MR) is 100 cm³/mol. The second-order valence-electron chi connectivity index (χ2n) is 5.76. The maximum Gasteiger partial charge on any atom is 0.244 e. The van der Waals surface area contributed by atoms with Crippen LogP contribution in [-0.4, -0.2) is 47.8 Å². The minimum Gasteiger partial charge on any atom is -0.354 e. The number of halogens is 1. The smallest absolute Gasteiger partial charge is 0.244 e. The van der Waals surface area contributed by atoms with Crippen LogP contribution in [0.15, 0.2) is 34.5 Å². The number of hydrogen-bond donors (Lipinski definition) is 1. The van der Waals surface area contributed by atoms with Gasteiger partial charge >= 0.3 is 0 Å². The molecule has 1 N–H and O–H groups in total. The summed E-state index contributed by atoms with van der Waals surface area (Å²) in [5.41, 5.74) is 0.907. The van der Waals surface area contributed by atoms with Crippen molar-refractivity contribution in [3.63, 3.8) is 0 Å². The summed E-state index contributed by atoms with van der Waals surface area (Å²) in [6, 6.07) is 3.86. The van der Waals surface area contributed by atoms with E-state index < -0.39 is 21.9 Å². The van der Waals surface area contributed by atoms with Gasteiger partial charge in [-0.25, -0.2) is 17.8 Å². The molecule has 1 amide bonds. The summed E-state index contributed by atoms with van der Waals surface area (Å²) >= 11 is 2.93. The van der Waals surface area contributed by atoms with Gasteiger partial charge in [0.1, 0.15) is 11.9 Å². The van der Waals surface area contributed by atoms with Crippen molar-refractivity contribution in [1.82, 2.24) is 14.6 Å². The summed E-state index contributed by atoms with van der Waals surface area (Å²) in [6.07, 6.45) is 0.598. The Hall–Kier alpha value is -1.49. The highest BCUT2D eigenvalue weighted by Crippen LogP contribution is 2.28. The molecule has 10 heteroatoms. The molecule has 1 atom stereocenters. The molecule has 2 aromatic rings. The van der Waals surface area contributed by atoms with Crippen molar-refractivity contribution < 1.29 is 17.6 Å². The molecule has 1 aromatic heterocycles. The number of benzene rings is 1. The van der Waals surface area contributed by atoms with Crippen LogP contribution in [-0.2, 0) is 21.2 Å². The number of sulfonamides is 1. The Morgan fingerprint density at radius 2 is 2.12 bits per heavy atom. The fourth-order valence-electron chi connectivity index (χ4n) is 2.57. The third kappa shape index (κ3) is 4.25. The zero-order valence-corrected chi connectivity index (χ0v) is 16.5. The lowest BCUT2D eigenvalue weighted by Crippen LogP contribution is -2.47. The monoisotopic (exact) mass is 415 g/mol. The average molecular weight is 416 g/mol. The molecular weight excluding hydrogens is 397 g/mol. The van der Waals surface area contributed by atoms with Gasteiger partial charge in [-0.05, 0) is 31.2 Å². The molecule has 6 nitrogen and oxygen atoms in total. The third-order valence-electron chi connectivity index (χ3n) is 3.91. The number of nitrogens with one attached hydrogen (secondary N) is 1. The van der Waals surface area contributed by atoms with Gasteiger partial charge in [0.2, 0.25) is 15.9 Å². The second kappa shape index (κ2) is 8.03. The molecule has 1 fully saturated rings. The normalized spacial score (nSPS) is 18.2. The molecule has 0 spiro atoms.